The van der Waals surface area contributed by atoms with Gasteiger partial charge < -0.3 is 5.32 Å². The van der Waals surface area contributed by atoms with Crippen molar-refractivity contribution in [1.82, 2.24) is 5.32 Å². The molecule has 0 aromatic carbocycles. The first-order chi connectivity index (χ1) is 6.26. The Labute approximate surface area is 80.4 Å². The lowest BCUT2D eigenvalue weighted by Gasteiger charge is -1.99. The summed E-state index contributed by atoms with van der Waals surface area (Å²) in [5.74, 6) is -0.281. The molecule has 0 aromatic heterocycles. The van der Waals surface area contributed by atoms with Crippen molar-refractivity contribution in [2.75, 3.05) is 6.54 Å². The van der Waals surface area contributed by atoms with E-state index < -0.39 is 0 Å². The van der Waals surface area contributed by atoms with Crippen molar-refractivity contribution in [3.05, 3.63) is 11.6 Å². The van der Waals surface area contributed by atoms with Crippen LogP contribution < -0.4 is 5.32 Å². The van der Waals surface area contributed by atoms with Crippen molar-refractivity contribution in [2.24, 2.45) is 0 Å². The number of hydrogen-bond acceptors (Lipinski definition) is 2. The lowest BCUT2D eigenvalue weighted by molar-refractivity contribution is -0.117. The van der Waals surface area contributed by atoms with E-state index in [0.29, 0.717) is 6.54 Å². The van der Waals surface area contributed by atoms with Gasteiger partial charge >= 0.3 is 0 Å². The number of rotatable bonds is 3. The third kappa shape index (κ3) is 7.07. The van der Waals surface area contributed by atoms with Crippen LogP contribution in [0.4, 0.5) is 0 Å². The molecule has 3 nitrogen and oxygen atoms in total. The predicted octanol–water partition coefficient (Wildman–Crippen LogP) is 2.01. The summed E-state index contributed by atoms with van der Waals surface area (Å²) in [6.45, 7) is 8.25. The Balaban J connectivity index is 0. The quantitative estimate of drug-likeness (QED) is 0.536. The molecule has 0 rings (SSSR count). The van der Waals surface area contributed by atoms with Crippen LogP contribution in [0.15, 0.2) is 11.6 Å². The van der Waals surface area contributed by atoms with Crippen LogP contribution in [0, 0.1) is 11.3 Å². The number of carbonyl (C=O) groups excluding carboxylic acids is 1. The number of nitriles is 1. The van der Waals surface area contributed by atoms with Crippen molar-refractivity contribution < 1.29 is 4.79 Å². The van der Waals surface area contributed by atoms with Gasteiger partial charge in [0.05, 0.1) is 0 Å². The Morgan fingerprint density at radius 1 is 1.54 bits per heavy atom. The molecule has 74 valence electrons. The van der Waals surface area contributed by atoms with Gasteiger partial charge in [0, 0.05) is 6.54 Å². The molecule has 0 bridgehead atoms. The van der Waals surface area contributed by atoms with Gasteiger partial charge in [-0.15, -0.1) is 0 Å². The van der Waals surface area contributed by atoms with Gasteiger partial charge in [0.1, 0.15) is 11.6 Å². The second-order valence-corrected chi connectivity index (χ2v) is 2.07. The molecular formula is C10H18N2O. The first kappa shape index (κ1) is 14.2. The van der Waals surface area contributed by atoms with Crippen LogP contribution in [0.25, 0.3) is 0 Å². The van der Waals surface area contributed by atoms with Crippen LogP contribution in [0.1, 0.15) is 34.1 Å². The maximum Gasteiger partial charge on any atom is 0.261 e. The SMILES string of the molecule is C/C=C(/C#N)C(=O)NCCC.CC. The largest absolute Gasteiger partial charge is 0.351 e. The van der Waals surface area contributed by atoms with E-state index in [-0.39, 0.29) is 11.5 Å². The highest BCUT2D eigenvalue weighted by Gasteiger charge is 2.04. The van der Waals surface area contributed by atoms with Gasteiger partial charge in [0.15, 0.2) is 0 Å². The molecule has 13 heavy (non-hydrogen) atoms. The summed E-state index contributed by atoms with van der Waals surface area (Å²) < 4.78 is 0. The van der Waals surface area contributed by atoms with Gasteiger partial charge in [-0.05, 0) is 13.3 Å². The molecule has 0 spiro atoms. The van der Waals surface area contributed by atoms with Crippen LogP contribution in [-0.2, 0) is 4.79 Å². The third-order valence-corrected chi connectivity index (χ3v) is 1.19. The first-order valence-electron chi connectivity index (χ1n) is 4.60. The van der Waals surface area contributed by atoms with Crippen LogP contribution in [0.2, 0.25) is 0 Å². The summed E-state index contributed by atoms with van der Waals surface area (Å²) in [4.78, 5) is 11.0. The number of allylic oxidation sites excluding steroid dienone is 1. The fourth-order valence-corrected chi connectivity index (χ4v) is 0.580. The number of amides is 1. The van der Waals surface area contributed by atoms with Gasteiger partial charge in [0.25, 0.3) is 5.91 Å². The molecule has 0 radical (unpaired) electrons. The molecule has 0 aliphatic carbocycles. The third-order valence-electron chi connectivity index (χ3n) is 1.19. The Morgan fingerprint density at radius 2 is 2.08 bits per heavy atom. The molecule has 0 aliphatic heterocycles. The van der Waals surface area contributed by atoms with E-state index in [0.717, 1.165) is 6.42 Å². The van der Waals surface area contributed by atoms with Crippen molar-refractivity contribution in [2.45, 2.75) is 34.1 Å². The Morgan fingerprint density at radius 3 is 2.38 bits per heavy atom. The van der Waals surface area contributed by atoms with Gasteiger partial charge in [0.2, 0.25) is 0 Å². The van der Waals surface area contributed by atoms with Crippen molar-refractivity contribution in [3.63, 3.8) is 0 Å². The molecular weight excluding hydrogens is 164 g/mol. The molecule has 0 aliphatic rings. The number of nitrogens with one attached hydrogen (secondary N) is 1. The fourth-order valence-electron chi connectivity index (χ4n) is 0.580. The summed E-state index contributed by atoms with van der Waals surface area (Å²) in [5, 5.41) is 11.0. The Bertz CT molecular complexity index is 201. The van der Waals surface area contributed by atoms with Crippen LogP contribution >= 0.6 is 0 Å². The fraction of sp³-hybridized carbons (Fsp3) is 0.600. The minimum Gasteiger partial charge on any atom is -0.351 e. The van der Waals surface area contributed by atoms with Gasteiger partial charge in [-0.1, -0.05) is 26.8 Å². The lowest BCUT2D eigenvalue weighted by Crippen LogP contribution is -2.24. The average molecular weight is 182 g/mol. The molecule has 0 atom stereocenters. The van der Waals surface area contributed by atoms with E-state index >= 15 is 0 Å². The summed E-state index contributed by atoms with van der Waals surface area (Å²) in [6.07, 6.45) is 2.39. The maximum atomic E-state index is 11.0. The van der Waals surface area contributed by atoms with Crippen LogP contribution in [-0.4, -0.2) is 12.5 Å². The average Bonchev–Trinajstić information content (AvgIpc) is 2.19. The van der Waals surface area contributed by atoms with Gasteiger partial charge in [-0.3, -0.25) is 4.79 Å². The van der Waals surface area contributed by atoms with Gasteiger partial charge in [-0.2, -0.15) is 5.26 Å². The smallest absolute Gasteiger partial charge is 0.261 e. The highest BCUT2D eigenvalue weighted by Crippen LogP contribution is 1.90. The standard InChI is InChI=1S/C8H12N2O.C2H6/c1-3-5-10-8(11)7(4-2)6-9;1-2/h4H,3,5H2,1-2H3,(H,10,11);1-2H3/b7-4-;. The van der Waals surface area contributed by atoms with E-state index in [1.54, 1.807) is 6.92 Å². The molecule has 3 heteroatoms. The van der Waals surface area contributed by atoms with Crippen molar-refractivity contribution >= 4 is 5.91 Å². The molecule has 1 amide bonds. The molecule has 0 heterocycles. The monoisotopic (exact) mass is 182 g/mol. The van der Waals surface area contributed by atoms with Crippen molar-refractivity contribution in [1.29, 1.82) is 5.26 Å². The Kier molecular flexibility index (Phi) is 11.7. The highest BCUT2D eigenvalue weighted by atomic mass is 16.1. The maximum absolute atomic E-state index is 11.0. The topological polar surface area (TPSA) is 52.9 Å². The molecule has 0 aromatic rings. The molecule has 0 saturated carbocycles. The zero-order valence-corrected chi connectivity index (χ0v) is 8.85. The Hall–Kier alpha value is -1.30. The summed E-state index contributed by atoms with van der Waals surface area (Å²) in [7, 11) is 0. The summed E-state index contributed by atoms with van der Waals surface area (Å²) >= 11 is 0. The zero-order chi connectivity index (χ0) is 10.7. The van der Waals surface area contributed by atoms with Crippen LogP contribution in [0.3, 0.4) is 0 Å². The zero-order valence-electron chi connectivity index (χ0n) is 8.85. The molecule has 0 unspecified atom stereocenters. The first-order valence-corrected chi connectivity index (χ1v) is 4.60. The van der Waals surface area contributed by atoms with E-state index in [1.807, 2.05) is 26.8 Å². The second kappa shape index (κ2) is 10.7. The second-order valence-electron chi connectivity index (χ2n) is 2.07. The molecule has 0 fully saturated rings. The summed E-state index contributed by atoms with van der Waals surface area (Å²) in [5.41, 5.74) is 0.179. The van der Waals surface area contributed by atoms with Crippen LogP contribution in [0.5, 0.6) is 0 Å². The number of hydrogen-bond donors (Lipinski definition) is 1. The van der Waals surface area contributed by atoms with Gasteiger partial charge in [-0.25, -0.2) is 0 Å². The lowest BCUT2D eigenvalue weighted by atomic mass is 10.2. The predicted molar refractivity (Wildman–Crippen MR) is 54.0 cm³/mol. The molecule has 0 saturated heterocycles. The number of carbonyl (C=O) groups is 1. The normalized spacial score (nSPS) is 9.31. The summed E-state index contributed by atoms with van der Waals surface area (Å²) in [6, 6.07) is 1.81. The van der Waals surface area contributed by atoms with E-state index in [1.165, 1.54) is 6.08 Å². The minimum absolute atomic E-state index is 0.179. The van der Waals surface area contributed by atoms with E-state index in [9.17, 15) is 4.79 Å². The van der Waals surface area contributed by atoms with Crippen molar-refractivity contribution in [3.8, 4) is 6.07 Å². The van der Waals surface area contributed by atoms with E-state index in [2.05, 4.69) is 5.32 Å². The minimum atomic E-state index is -0.281. The highest BCUT2D eigenvalue weighted by molar-refractivity contribution is 5.97. The van der Waals surface area contributed by atoms with E-state index in [4.69, 9.17) is 5.26 Å². The molecule has 1 N–H and O–H groups in total. The number of nitrogens with zero attached hydrogens (tertiary/aromatic N) is 1.